The zero-order chi connectivity index (χ0) is 13.8. The van der Waals surface area contributed by atoms with E-state index in [1.165, 1.54) is 24.4 Å². The van der Waals surface area contributed by atoms with Crippen LogP contribution in [-0.2, 0) is 6.54 Å². The molecule has 0 spiro atoms. The van der Waals surface area contributed by atoms with Gasteiger partial charge >= 0.3 is 0 Å². The minimum atomic E-state index is -0.651. The first kappa shape index (κ1) is 13.7. The summed E-state index contributed by atoms with van der Waals surface area (Å²) in [6, 6.07) is 3.72. The van der Waals surface area contributed by atoms with Crippen LogP contribution in [0.5, 0.6) is 0 Å². The molecule has 3 nitrogen and oxygen atoms in total. The lowest BCUT2D eigenvalue weighted by Gasteiger charge is -2.07. The Hall–Kier alpha value is -1.75. The van der Waals surface area contributed by atoms with E-state index >= 15 is 0 Å². The first-order valence-corrected chi connectivity index (χ1v) is 6.18. The summed E-state index contributed by atoms with van der Waals surface area (Å²) in [7, 11) is 0. The van der Waals surface area contributed by atoms with Crippen LogP contribution in [0.4, 0.5) is 8.78 Å². The van der Waals surface area contributed by atoms with E-state index < -0.39 is 11.6 Å². The average Bonchev–Trinajstić information content (AvgIpc) is 2.77. The molecule has 0 saturated heterocycles. The molecule has 0 aliphatic heterocycles. The van der Waals surface area contributed by atoms with Gasteiger partial charge in [0.2, 0.25) is 0 Å². The van der Waals surface area contributed by atoms with Crippen LogP contribution in [0.2, 0.25) is 0 Å². The maximum Gasteiger partial charge on any atom is 0.177 e. The molecule has 1 N–H and O–H groups in total. The van der Waals surface area contributed by atoms with Crippen molar-refractivity contribution in [3.8, 4) is 11.3 Å². The maximum atomic E-state index is 13.7. The quantitative estimate of drug-likeness (QED) is 0.901. The minimum Gasteiger partial charge on any atom is -0.356 e. The molecule has 0 fully saturated rings. The molecule has 0 amide bonds. The second-order valence-corrected chi connectivity index (χ2v) is 4.80. The predicted octanol–water partition coefficient (Wildman–Crippen LogP) is 3.37. The van der Waals surface area contributed by atoms with E-state index in [1.54, 1.807) is 0 Å². The average molecular weight is 266 g/mol. The number of hydrogen-bond donors (Lipinski definition) is 1. The van der Waals surface area contributed by atoms with Crippen molar-refractivity contribution in [3.05, 3.63) is 41.6 Å². The highest BCUT2D eigenvalue weighted by Gasteiger charge is 2.18. The molecule has 0 radical (unpaired) electrons. The third-order valence-corrected chi connectivity index (χ3v) is 2.70. The molecular formula is C14H16F2N2O. The lowest BCUT2D eigenvalue weighted by Crippen LogP contribution is -2.19. The van der Waals surface area contributed by atoms with E-state index in [9.17, 15) is 8.78 Å². The Balaban J connectivity index is 2.24. The van der Waals surface area contributed by atoms with Crippen molar-refractivity contribution in [1.82, 2.24) is 10.5 Å². The van der Waals surface area contributed by atoms with Gasteiger partial charge in [0.1, 0.15) is 11.6 Å². The molecule has 1 aromatic heterocycles. The topological polar surface area (TPSA) is 38.1 Å². The Morgan fingerprint density at radius 2 is 1.95 bits per heavy atom. The monoisotopic (exact) mass is 266 g/mol. The van der Waals surface area contributed by atoms with Crippen molar-refractivity contribution in [2.45, 2.75) is 20.4 Å². The van der Waals surface area contributed by atoms with E-state index in [1.807, 2.05) is 0 Å². The van der Waals surface area contributed by atoms with Crippen LogP contribution in [0, 0.1) is 17.6 Å². The Bertz CT molecular complexity index is 532. The molecule has 19 heavy (non-hydrogen) atoms. The van der Waals surface area contributed by atoms with Gasteiger partial charge in [0.25, 0.3) is 0 Å². The van der Waals surface area contributed by atoms with Crippen molar-refractivity contribution >= 4 is 0 Å². The molecule has 1 aromatic carbocycles. The third kappa shape index (κ3) is 3.17. The summed E-state index contributed by atoms with van der Waals surface area (Å²) in [4.78, 5) is 0. The molecule has 2 aromatic rings. The summed E-state index contributed by atoms with van der Waals surface area (Å²) in [5.74, 6) is -0.663. The van der Waals surface area contributed by atoms with Crippen LogP contribution >= 0.6 is 0 Å². The standard InChI is InChI=1S/C14H16F2N2O/c1-9(2)6-17-7-10-8-18-19-14(10)13-11(15)4-3-5-12(13)16/h3-5,8-9,17H,6-7H2,1-2H3. The number of halogens is 2. The van der Waals surface area contributed by atoms with E-state index in [0.29, 0.717) is 18.0 Å². The normalized spacial score (nSPS) is 11.2. The molecule has 0 bridgehead atoms. The van der Waals surface area contributed by atoms with E-state index in [-0.39, 0.29) is 11.3 Å². The summed E-state index contributed by atoms with van der Waals surface area (Å²) >= 11 is 0. The van der Waals surface area contributed by atoms with Gasteiger partial charge in [0.15, 0.2) is 5.76 Å². The van der Waals surface area contributed by atoms with Crippen LogP contribution in [0.1, 0.15) is 19.4 Å². The molecule has 0 atom stereocenters. The van der Waals surface area contributed by atoms with Crippen LogP contribution in [0.3, 0.4) is 0 Å². The zero-order valence-electron chi connectivity index (χ0n) is 10.9. The van der Waals surface area contributed by atoms with Gasteiger partial charge in [-0.2, -0.15) is 0 Å². The van der Waals surface area contributed by atoms with Crippen LogP contribution < -0.4 is 5.32 Å². The van der Waals surface area contributed by atoms with Gasteiger partial charge in [-0.3, -0.25) is 0 Å². The molecule has 0 aliphatic carbocycles. The smallest absolute Gasteiger partial charge is 0.177 e. The molecule has 2 rings (SSSR count). The largest absolute Gasteiger partial charge is 0.356 e. The second kappa shape index (κ2) is 5.93. The summed E-state index contributed by atoms with van der Waals surface area (Å²) < 4.78 is 32.4. The van der Waals surface area contributed by atoms with Gasteiger partial charge in [-0.25, -0.2) is 8.78 Å². The zero-order valence-corrected chi connectivity index (χ0v) is 10.9. The van der Waals surface area contributed by atoms with E-state index in [0.717, 1.165) is 6.54 Å². The van der Waals surface area contributed by atoms with Gasteiger partial charge in [0.05, 0.1) is 11.8 Å². The maximum absolute atomic E-state index is 13.7. The number of nitrogens with one attached hydrogen (secondary N) is 1. The Kier molecular flexibility index (Phi) is 4.27. The van der Waals surface area contributed by atoms with Crippen molar-refractivity contribution < 1.29 is 13.3 Å². The van der Waals surface area contributed by atoms with Gasteiger partial charge in [-0.1, -0.05) is 25.1 Å². The van der Waals surface area contributed by atoms with Crippen molar-refractivity contribution in [2.24, 2.45) is 5.92 Å². The highest BCUT2D eigenvalue weighted by Crippen LogP contribution is 2.28. The summed E-state index contributed by atoms with van der Waals surface area (Å²) in [6.45, 7) is 5.44. The predicted molar refractivity (Wildman–Crippen MR) is 68.4 cm³/mol. The fourth-order valence-corrected chi connectivity index (χ4v) is 1.80. The van der Waals surface area contributed by atoms with Gasteiger partial charge in [0, 0.05) is 12.1 Å². The molecular weight excluding hydrogens is 250 g/mol. The van der Waals surface area contributed by atoms with Crippen LogP contribution in [-0.4, -0.2) is 11.7 Å². The minimum absolute atomic E-state index is 0.145. The van der Waals surface area contributed by atoms with Crippen molar-refractivity contribution in [1.29, 1.82) is 0 Å². The fourth-order valence-electron chi connectivity index (χ4n) is 1.80. The summed E-state index contributed by atoms with van der Waals surface area (Å²) in [5.41, 5.74) is 0.478. The Morgan fingerprint density at radius 1 is 1.26 bits per heavy atom. The number of hydrogen-bond acceptors (Lipinski definition) is 3. The first-order chi connectivity index (χ1) is 9.09. The van der Waals surface area contributed by atoms with Crippen molar-refractivity contribution in [3.63, 3.8) is 0 Å². The van der Waals surface area contributed by atoms with Crippen LogP contribution in [0.25, 0.3) is 11.3 Å². The van der Waals surface area contributed by atoms with Gasteiger partial charge in [-0.05, 0) is 24.6 Å². The molecule has 1 heterocycles. The number of aromatic nitrogens is 1. The Morgan fingerprint density at radius 3 is 2.58 bits per heavy atom. The fraction of sp³-hybridized carbons (Fsp3) is 0.357. The van der Waals surface area contributed by atoms with Gasteiger partial charge in [-0.15, -0.1) is 0 Å². The highest BCUT2D eigenvalue weighted by atomic mass is 19.1. The summed E-state index contributed by atoms with van der Waals surface area (Å²) in [5, 5.41) is 6.82. The highest BCUT2D eigenvalue weighted by molar-refractivity contribution is 5.62. The van der Waals surface area contributed by atoms with E-state index in [4.69, 9.17) is 4.52 Å². The lowest BCUT2D eigenvalue weighted by molar-refractivity contribution is 0.425. The lowest BCUT2D eigenvalue weighted by atomic mass is 10.1. The molecule has 0 saturated carbocycles. The molecule has 0 unspecified atom stereocenters. The second-order valence-electron chi connectivity index (χ2n) is 4.80. The summed E-state index contributed by atoms with van der Waals surface area (Å²) in [6.07, 6.45) is 1.48. The number of nitrogens with zero attached hydrogens (tertiary/aromatic N) is 1. The van der Waals surface area contributed by atoms with Gasteiger partial charge < -0.3 is 9.84 Å². The number of rotatable bonds is 5. The SMILES string of the molecule is CC(C)CNCc1cnoc1-c1c(F)cccc1F. The third-order valence-electron chi connectivity index (χ3n) is 2.70. The number of benzene rings is 1. The first-order valence-electron chi connectivity index (χ1n) is 6.18. The van der Waals surface area contributed by atoms with E-state index in [2.05, 4.69) is 24.3 Å². The molecule has 102 valence electrons. The van der Waals surface area contributed by atoms with Crippen molar-refractivity contribution in [2.75, 3.05) is 6.54 Å². The Labute approximate surface area is 110 Å². The van der Waals surface area contributed by atoms with Crippen LogP contribution in [0.15, 0.2) is 28.9 Å². The molecule has 5 heteroatoms. The molecule has 0 aliphatic rings.